The normalized spacial score (nSPS) is 15.6. The van der Waals surface area contributed by atoms with E-state index in [1.54, 1.807) is 24.3 Å². The zero-order valence-electron chi connectivity index (χ0n) is 15.3. The van der Waals surface area contributed by atoms with Gasteiger partial charge in [-0.1, -0.05) is 32.9 Å². The fraction of sp³-hybridized carbons (Fsp3) is 0.526. The largest absolute Gasteiger partial charge is 0.465 e. The molecule has 0 spiro atoms. The maximum Gasteiger partial charge on any atom is 0.339 e. The van der Waals surface area contributed by atoms with Gasteiger partial charge in [-0.15, -0.1) is 0 Å². The third-order valence-corrected chi connectivity index (χ3v) is 4.38. The first-order chi connectivity index (χ1) is 11.7. The van der Waals surface area contributed by atoms with Gasteiger partial charge in [-0.25, -0.2) is 4.79 Å². The summed E-state index contributed by atoms with van der Waals surface area (Å²) in [5, 5.41) is 2.83. The van der Waals surface area contributed by atoms with E-state index in [1.165, 1.54) is 7.11 Å². The number of methoxy groups -OCH3 is 1. The number of ether oxygens (including phenoxy) is 1. The molecule has 136 valence electrons. The van der Waals surface area contributed by atoms with Crippen molar-refractivity contribution < 1.29 is 19.1 Å². The average Bonchev–Trinajstić information content (AvgIpc) is 2.60. The maximum absolute atomic E-state index is 12.5. The highest BCUT2D eigenvalue weighted by molar-refractivity contribution is 6.01. The van der Waals surface area contributed by atoms with Gasteiger partial charge < -0.3 is 15.0 Å². The van der Waals surface area contributed by atoms with E-state index in [1.807, 2.05) is 25.7 Å². The summed E-state index contributed by atoms with van der Waals surface area (Å²) in [4.78, 5) is 38.5. The Morgan fingerprint density at radius 2 is 1.72 bits per heavy atom. The van der Waals surface area contributed by atoms with E-state index in [0.717, 1.165) is 0 Å². The molecular formula is C19H26N2O4. The van der Waals surface area contributed by atoms with Crippen LogP contribution in [0.5, 0.6) is 0 Å². The topological polar surface area (TPSA) is 75.7 Å². The van der Waals surface area contributed by atoms with Gasteiger partial charge in [-0.05, 0) is 25.0 Å². The number of rotatable bonds is 3. The molecule has 0 radical (unpaired) electrons. The molecular weight excluding hydrogens is 320 g/mol. The van der Waals surface area contributed by atoms with Crippen LogP contribution in [0.15, 0.2) is 24.3 Å². The quantitative estimate of drug-likeness (QED) is 0.854. The van der Waals surface area contributed by atoms with E-state index in [9.17, 15) is 14.4 Å². The van der Waals surface area contributed by atoms with E-state index in [-0.39, 0.29) is 17.7 Å². The van der Waals surface area contributed by atoms with Gasteiger partial charge in [0.15, 0.2) is 0 Å². The van der Waals surface area contributed by atoms with Crippen LogP contribution < -0.4 is 5.32 Å². The highest BCUT2D eigenvalue weighted by atomic mass is 16.5. The fourth-order valence-corrected chi connectivity index (χ4v) is 2.93. The Hall–Kier alpha value is -2.37. The highest BCUT2D eigenvalue weighted by Crippen LogP contribution is 2.25. The number of hydrogen-bond donors (Lipinski definition) is 1. The molecule has 1 aliphatic heterocycles. The number of nitrogens with zero attached hydrogens (tertiary/aromatic N) is 1. The number of hydrogen-bond acceptors (Lipinski definition) is 4. The fourth-order valence-electron chi connectivity index (χ4n) is 2.93. The predicted molar refractivity (Wildman–Crippen MR) is 95.2 cm³/mol. The summed E-state index contributed by atoms with van der Waals surface area (Å²) >= 11 is 0. The molecule has 0 atom stereocenters. The van der Waals surface area contributed by atoms with Gasteiger partial charge in [0.2, 0.25) is 11.8 Å². The van der Waals surface area contributed by atoms with Crippen LogP contribution in [0.25, 0.3) is 0 Å². The minimum Gasteiger partial charge on any atom is -0.465 e. The van der Waals surface area contributed by atoms with Crippen molar-refractivity contribution in [3.05, 3.63) is 29.8 Å². The summed E-state index contributed by atoms with van der Waals surface area (Å²) in [7, 11) is 1.31. The molecule has 1 fully saturated rings. The van der Waals surface area contributed by atoms with Gasteiger partial charge in [0.25, 0.3) is 0 Å². The first kappa shape index (κ1) is 19.0. The third-order valence-electron chi connectivity index (χ3n) is 4.38. The van der Waals surface area contributed by atoms with Crippen molar-refractivity contribution >= 4 is 23.5 Å². The molecule has 1 aliphatic rings. The Labute approximate surface area is 148 Å². The molecule has 0 aromatic heterocycles. The van der Waals surface area contributed by atoms with Crippen LogP contribution in [0, 0.1) is 11.3 Å². The zero-order chi connectivity index (χ0) is 18.6. The first-order valence-corrected chi connectivity index (χ1v) is 8.51. The van der Waals surface area contributed by atoms with Crippen LogP contribution in [-0.4, -0.2) is 42.9 Å². The number of benzene rings is 1. The zero-order valence-corrected chi connectivity index (χ0v) is 15.3. The lowest BCUT2D eigenvalue weighted by molar-refractivity contribution is -0.142. The molecule has 0 saturated carbocycles. The number of amides is 2. The van der Waals surface area contributed by atoms with Crippen LogP contribution in [0.2, 0.25) is 0 Å². The van der Waals surface area contributed by atoms with Crippen molar-refractivity contribution in [1.29, 1.82) is 0 Å². The Bertz CT molecular complexity index is 656. The lowest BCUT2D eigenvalue weighted by atomic mass is 9.90. The van der Waals surface area contributed by atoms with Crippen LogP contribution in [-0.2, 0) is 14.3 Å². The molecule has 6 heteroatoms. The van der Waals surface area contributed by atoms with E-state index >= 15 is 0 Å². The smallest absolute Gasteiger partial charge is 0.339 e. The van der Waals surface area contributed by atoms with Gasteiger partial charge in [-0.2, -0.15) is 0 Å². The first-order valence-electron chi connectivity index (χ1n) is 8.51. The number of carbonyl (C=O) groups excluding carboxylic acids is 3. The molecule has 1 N–H and O–H groups in total. The van der Waals surface area contributed by atoms with Crippen LogP contribution in [0.3, 0.4) is 0 Å². The Balaban J connectivity index is 1.98. The summed E-state index contributed by atoms with van der Waals surface area (Å²) in [5.74, 6) is -0.669. The molecule has 1 aromatic carbocycles. The third kappa shape index (κ3) is 4.59. The lowest BCUT2D eigenvalue weighted by Crippen LogP contribution is -2.45. The molecule has 0 bridgehead atoms. The number of piperidine rings is 1. The number of para-hydroxylation sites is 1. The van der Waals surface area contributed by atoms with Crippen molar-refractivity contribution in [3.63, 3.8) is 0 Å². The molecule has 0 aliphatic carbocycles. The SMILES string of the molecule is COC(=O)c1ccccc1NC(=O)C1CCN(C(=O)C(C)(C)C)CC1. The van der Waals surface area contributed by atoms with Gasteiger partial charge in [0.05, 0.1) is 18.4 Å². The van der Waals surface area contributed by atoms with Gasteiger partial charge >= 0.3 is 5.97 Å². The van der Waals surface area contributed by atoms with E-state index in [4.69, 9.17) is 4.74 Å². The maximum atomic E-state index is 12.5. The van der Waals surface area contributed by atoms with Crippen molar-refractivity contribution in [2.45, 2.75) is 33.6 Å². The second kappa shape index (κ2) is 7.68. The summed E-state index contributed by atoms with van der Waals surface area (Å²) in [6, 6.07) is 6.78. The molecule has 1 saturated heterocycles. The number of nitrogens with one attached hydrogen (secondary N) is 1. The summed E-state index contributed by atoms with van der Waals surface area (Å²) in [6.45, 7) is 6.85. The Morgan fingerprint density at radius 1 is 1.12 bits per heavy atom. The molecule has 6 nitrogen and oxygen atoms in total. The minimum atomic E-state index is -0.485. The number of carbonyl (C=O) groups is 3. The van der Waals surface area contributed by atoms with Crippen LogP contribution in [0.4, 0.5) is 5.69 Å². The Morgan fingerprint density at radius 3 is 2.28 bits per heavy atom. The molecule has 25 heavy (non-hydrogen) atoms. The molecule has 2 amide bonds. The Kier molecular flexibility index (Phi) is 5.82. The number of likely N-dealkylation sites (tertiary alicyclic amines) is 1. The van der Waals surface area contributed by atoms with Crippen molar-refractivity contribution in [3.8, 4) is 0 Å². The van der Waals surface area contributed by atoms with E-state index < -0.39 is 11.4 Å². The number of anilines is 1. The van der Waals surface area contributed by atoms with E-state index in [0.29, 0.717) is 37.2 Å². The van der Waals surface area contributed by atoms with Crippen molar-refractivity contribution in [1.82, 2.24) is 4.90 Å². The van der Waals surface area contributed by atoms with Gasteiger partial charge in [0, 0.05) is 24.4 Å². The van der Waals surface area contributed by atoms with Gasteiger partial charge in [0.1, 0.15) is 0 Å². The van der Waals surface area contributed by atoms with Gasteiger partial charge in [-0.3, -0.25) is 9.59 Å². The second-order valence-corrected chi connectivity index (χ2v) is 7.34. The second-order valence-electron chi connectivity index (χ2n) is 7.34. The lowest BCUT2D eigenvalue weighted by Gasteiger charge is -2.35. The monoisotopic (exact) mass is 346 g/mol. The molecule has 2 rings (SSSR count). The minimum absolute atomic E-state index is 0.113. The number of esters is 1. The van der Waals surface area contributed by atoms with Crippen LogP contribution >= 0.6 is 0 Å². The molecule has 1 aromatic rings. The average molecular weight is 346 g/mol. The van der Waals surface area contributed by atoms with E-state index in [2.05, 4.69) is 5.32 Å². The summed E-state index contributed by atoms with van der Waals surface area (Å²) in [5.41, 5.74) is 0.375. The van der Waals surface area contributed by atoms with Crippen molar-refractivity contribution in [2.75, 3.05) is 25.5 Å². The highest BCUT2D eigenvalue weighted by Gasteiger charge is 2.32. The summed E-state index contributed by atoms with van der Waals surface area (Å²) < 4.78 is 4.74. The standard InChI is InChI=1S/C19H26N2O4/c1-19(2,3)18(24)21-11-9-13(10-12-21)16(22)20-15-8-6-5-7-14(15)17(23)25-4/h5-8,13H,9-12H2,1-4H3,(H,20,22). The summed E-state index contributed by atoms with van der Waals surface area (Å²) in [6.07, 6.45) is 1.24. The van der Waals surface area contributed by atoms with Crippen LogP contribution in [0.1, 0.15) is 44.0 Å². The molecule has 0 unspecified atom stereocenters. The van der Waals surface area contributed by atoms with Crippen molar-refractivity contribution in [2.24, 2.45) is 11.3 Å². The predicted octanol–water partition coefficient (Wildman–Crippen LogP) is 2.70. The molecule has 1 heterocycles.